The van der Waals surface area contributed by atoms with Crippen LogP contribution in [0, 0.1) is 0 Å². The zero-order chi connectivity index (χ0) is 20.4. The third-order valence-electron chi connectivity index (χ3n) is 4.27. The van der Waals surface area contributed by atoms with Gasteiger partial charge in [-0.15, -0.1) is 24.0 Å². The summed E-state index contributed by atoms with van der Waals surface area (Å²) in [5, 5.41) is 6.63. The van der Waals surface area contributed by atoms with Gasteiger partial charge in [0.15, 0.2) is 17.5 Å². The van der Waals surface area contributed by atoms with Gasteiger partial charge in [-0.2, -0.15) is 0 Å². The van der Waals surface area contributed by atoms with Gasteiger partial charge in [-0.3, -0.25) is 4.99 Å². The minimum Gasteiger partial charge on any atom is -0.493 e. The predicted octanol–water partition coefficient (Wildman–Crippen LogP) is 3.34. The highest BCUT2D eigenvalue weighted by Gasteiger charge is 2.13. The van der Waals surface area contributed by atoms with Gasteiger partial charge in [-0.05, 0) is 28.8 Å². The number of nitrogens with zero attached hydrogens (tertiary/aromatic N) is 1. The Morgan fingerprint density at radius 2 is 1.45 bits per heavy atom. The minimum atomic E-state index is 0. The lowest BCUT2D eigenvalue weighted by molar-refractivity contribution is 0.184. The maximum atomic E-state index is 5.40. The molecule has 0 aliphatic carbocycles. The summed E-state index contributed by atoms with van der Waals surface area (Å²) in [6.07, 6.45) is 0. The second-order valence-electron chi connectivity index (χ2n) is 6.01. The largest absolute Gasteiger partial charge is 0.493 e. The van der Waals surface area contributed by atoms with Gasteiger partial charge in [0.2, 0.25) is 5.75 Å². The van der Waals surface area contributed by atoms with Crippen LogP contribution in [0.5, 0.6) is 17.2 Å². The first-order valence-electron chi connectivity index (χ1n) is 8.95. The van der Waals surface area contributed by atoms with Crippen LogP contribution >= 0.6 is 24.0 Å². The second kappa shape index (κ2) is 13.1. The number of halogens is 1. The van der Waals surface area contributed by atoms with Crippen molar-refractivity contribution in [3.63, 3.8) is 0 Å². The molecule has 0 radical (unpaired) electrons. The summed E-state index contributed by atoms with van der Waals surface area (Å²) in [5.41, 5.74) is 3.30. The SMILES string of the molecule is CN=C(NCc1cc(OC)c(OC)c(OC)c1)NCc1ccccc1COC.I. The van der Waals surface area contributed by atoms with E-state index in [-0.39, 0.29) is 24.0 Å². The van der Waals surface area contributed by atoms with E-state index in [2.05, 4.69) is 27.8 Å². The lowest BCUT2D eigenvalue weighted by atomic mass is 10.1. The third-order valence-corrected chi connectivity index (χ3v) is 4.27. The van der Waals surface area contributed by atoms with E-state index in [0.717, 1.165) is 11.1 Å². The van der Waals surface area contributed by atoms with E-state index in [4.69, 9.17) is 18.9 Å². The number of nitrogens with one attached hydrogen (secondary N) is 2. The van der Waals surface area contributed by atoms with E-state index in [0.29, 0.717) is 42.9 Å². The Hall–Kier alpha value is -2.20. The molecule has 0 heterocycles. The summed E-state index contributed by atoms with van der Waals surface area (Å²) in [6, 6.07) is 12.0. The lowest BCUT2D eigenvalue weighted by Crippen LogP contribution is -2.36. The van der Waals surface area contributed by atoms with Crippen molar-refractivity contribution in [2.45, 2.75) is 19.7 Å². The molecule has 0 saturated heterocycles. The number of aliphatic imine (C=N–C) groups is 1. The number of ether oxygens (including phenoxy) is 4. The van der Waals surface area contributed by atoms with Crippen molar-refractivity contribution in [3.05, 3.63) is 53.1 Å². The van der Waals surface area contributed by atoms with Gasteiger partial charge in [0, 0.05) is 27.2 Å². The van der Waals surface area contributed by atoms with Crippen molar-refractivity contribution in [1.82, 2.24) is 10.6 Å². The van der Waals surface area contributed by atoms with E-state index in [1.807, 2.05) is 24.3 Å². The van der Waals surface area contributed by atoms with Gasteiger partial charge >= 0.3 is 0 Å². The number of guanidine groups is 1. The van der Waals surface area contributed by atoms with Crippen molar-refractivity contribution >= 4 is 29.9 Å². The van der Waals surface area contributed by atoms with Crippen LogP contribution in [0.15, 0.2) is 41.4 Å². The molecule has 0 aromatic heterocycles. The van der Waals surface area contributed by atoms with E-state index in [1.54, 1.807) is 35.5 Å². The molecule has 2 rings (SSSR count). The average molecular weight is 515 g/mol. The lowest BCUT2D eigenvalue weighted by Gasteiger charge is -2.16. The predicted molar refractivity (Wildman–Crippen MR) is 126 cm³/mol. The Bertz CT molecular complexity index is 774. The molecule has 7 nitrogen and oxygen atoms in total. The average Bonchev–Trinajstić information content (AvgIpc) is 2.74. The first-order chi connectivity index (χ1) is 13.7. The van der Waals surface area contributed by atoms with E-state index in [9.17, 15) is 0 Å². The van der Waals surface area contributed by atoms with Crippen LogP contribution in [0.4, 0.5) is 0 Å². The molecule has 8 heteroatoms. The highest BCUT2D eigenvalue weighted by Crippen LogP contribution is 2.38. The quantitative estimate of drug-likeness (QED) is 0.303. The molecule has 0 bridgehead atoms. The highest BCUT2D eigenvalue weighted by atomic mass is 127. The zero-order valence-electron chi connectivity index (χ0n) is 17.6. The van der Waals surface area contributed by atoms with Crippen molar-refractivity contribution in [1.29, 1.82) is 0 Å². The molecular formula is C21H30IN3O4. The fourth-order valence-corrected chi connectivity index (χ4v) is 2.85. The molecular weight excluding hydrogens is 485 g/mol. The van der Waals surface area contributed by atoms with Crippen LogP contribution in [0.2, 0.25) is 0 Å². The summed E-state index contributed by atoms with van der Waals surface area (Å²) in [5.74, 6) is 2.51. The van der Waals surface area contributed by atoms with Crippen molar-refractivity contribution in [2.75, 3.05) is 35.5 Å². The number of rotatable bonds is 9. The van der Waals surface area contributed by atoms with Crippen molar-refractivity contribution < 1.29 is 18.9 Å². The second-order valence-corrected chi connectivity index (χ2v) is 6.01. The Morgan fingerprint density at radius 1 is 0.862 bits per heavy atom. The summed E-state index contributed by atoms with van der Waals surface area (Å²) < 4.78 is 21.4. The maximum absolute atomic E-state index is 5.40. The third kappa shape index (κ3) is 6.97. The standard InChI is InChI=1S/C21H29N3O4.HI/c1-22-21(24-13-16-8-6-7-9-17(16)14-25-2)23-12-15-10-18(26-3)20(28-5)19(11-15)27-4;/h6-11H,12-14H2,1-5H3,(H2,22,23,24);1H. The smallest absolute Gasteiger partial charge is 0.203 e. The number of benzene rings is 2. The Balaban J connectivity index is 0.00000420. The molecule has 0 aliphatic rings. The van der Waals surface area contributed by atoms with Crippen LogP contribution in [0.1, 0.15) is 16.7 Å². The monoisotopic (exact) mass is 515 g/mol. The Kier molecular flexibility index (Phi) is 11.2. The van der Waals surface area contributed by atoms with Gasteiger partial charge in [-0.25, -0.2) is 0 Å². The fraction of sp³-hybridized carbons (Fsp3) is 0.381. The van der Waals surface area contributed by atoms with Gasteiger partial charge < -0.3 is 29.6 Å². The molecule has 0 unspecified atom stereocenters. The van der Waals surface area contributed by atoms with Crippen molar-refractivity contribution in [3.8, 4) is 17.2 Å². The van der Waals surface area contributed by atoms with Gasteiger partial charge in [0.05, 0.1) is 27.9 Å². The van der Waals surface area contributed by atoms with Gasteiger partial charge in [0.25, 0.3) is 0 Å². The first-order valence-corrected chi connectivity index (χ1v) is 8.95. The summed E-state index contributed by atoms with van der Waals surface area (Å²) in [4.78, 5) is 4.29. The van der Waals surface area contributed by atoms with E-state index in [1.165, 1.54) is 5.56 Å². The molecule has 160 valence electrons. The molecule has 29 heavy (non-hydrogen) atoms. The number of hydrogen-bond acceptors (Lipinski definition) is 5. The van der Waals surface area contributed by atoms with Crippen LogP contribution in [0.25, 0.3) is 0 Å². The molecule has 0 amide bonds. The number of methoxy groups -OCH3 is 4. The summed E-state index contributed by atoms with van der Waals surface area (Å²) in [6.45, 7) is 1.78. The van der Waals surface area contributed by atoms with Gasteiger partial charge in [-0.1, -0.05) is 24.3 Å². The molecule has 0 aliphatic heterocycles. The Labute approximate surface area is 189 Å². The maximum Gasteiger partial charge on any atom is 0.203 e. The van der Waals surface area contributed by atoms with Crippen LogP contribution in [-0.2, 0) is 24.4 Å². The zero-order valence-corrected chi connectivity index (χ0v) is 19.9. The molecule has 0 fully saturated rings. The fourth-order valence-electron chi connectivity index (χ4n) is 2.85. The van der Waals surface area contributed by atoms with Gasteiger partial charge in [0.1, 0.15) is 0 Å². The normalized spacial score (nSPS) is 10.7. The highest BCUT2D eigenvalue weighted by molar-refractivity contribution is 14.0. The minimum absolute atomic E-state index is 0. The Morgan fingerprint density at radius 3 is 1.97 bits per heavy atom. The molecule has 0 spiro atoms. The molecule has 0 saturated carbocycles. The van der Waals surface area contributed by atoms with Crippen LogP contribution in [0.3, 0.4) is 0 Å². The number of hydrogen-bond donors (Lipinski definition) is 2. The molecule has 2 N–H and O–H groups in total. The molecule has 2 aromatic rings. The van der Waals surface area contributed by atoms with Crippen LogP contribution in [-0.4, -0.2) is 41.4 Å². The summed E-state index contributed by atoms with van der Waals surface area (Å²) in [7, 11) is 8.23. The molecule has 0 atom stereocenters. The van der Waals surface area contributed by atoms with Crippen molar-refractivity contribution in [2.24, 2.45) is 4.99 Å². The molecule has 2 aromatic carbocycles. The van der Waals surface area contributed by atoms with Crippen LogP contribution < -0.4 is 24.8 Å². The van der Waals surface area contributed by atoms with E-state index >= 15 is 0 Å². The first kappa shape index (κ1) is 24.8. The summed E-state index contributed by atoms with van der Waals surface area (Å²) >= 11 is 0. The van der Waals surface area contributed by atoms with E-state index < -0.39 is 0 Å². The topological polar surface area (TPSA) is 73.3 Å².